The number of rotatable bonds is 7. The van der Waals surface area contributed by atoms with Crippen molar-refractivity contribution in [1.29, 1.82) is 0 Å². The number of nitrogens with zero attached hydrogens (tertiary/aromatic N) is 1. The fourth-order valence-corrected chi connectivity index (χ4v) is 1.59. The number of carbonyl (C=O) groups excluding carboxylic acids is 1. The Bertz CT molecular complexity index is 495. The zero-order chi connectivity index (χ0) is 17.1. The smallest absolute Gasteiger partial charge is 0.407 e. The molecule has 128 valence electrons. The summed E-state index contributed by atoms with van der Waals surface area (Å²) in [6, 6.07) is 9.78. The minimum atomic E-state index is -0.486. The number of oxime groups is 1. The van der Waals surface area contributed by atoms with Crippen LogP contribution in [-0.4, -0.2) is 30.7 Å². The Balaban J connectivity index is 2.08. The second-order valence-electron chi connectivity index (χ2n) is 6.00. The average Bonchev–Trinajstić information content (AvgIpc) is 2.46. The predicted octanol–water partition coefficient (Wildman–Crippen LogP) is 3.47. The maximum atomic E-state index is 11.4. The molecular formula is C17H26N2O4. The van der Waals surface area contributed by atoms with Crippen LogP contribution in [0, 0.1) is 0 Å². The Hall–Kier alpha value is -2.24. The molecule has 0 heterocycles. The normalized spacial score (nSPS) is 11.7. The lowest BCUT2D eigenvalue weighted by molar-refractivity contribution is 0.0525. The van der Waals surface area contributed by atoms with Crippen LogP contribution in [0.1, 0.15) is 39.7 Å². The van der Waals surface area contributed by atoms with Crippen molar-refractivity contribution in [3.05, 3.63) is 35.9 Å². The van der Waals surface area contributed by atoms with E-state index in [-0.39, 0.29) is 0 Å². The molecule has 1 aromatic rings. The summed E-state index contributed by atoms with van der Waals surface area (Å²) in [5.74, 6) is 0.457. The summed E-state index contributed by atoms with van der Waals surface area (Å²) in [6.07, 6.45) is 0.235. The first kappa shape index (κ1) is 18.8. The topological polar surface area (TPSA) is 69.2 Å². The van der Waals surface area contributed by atoms with Gasteiger partial charge in [-0.05, 0) is 32.8 Å². The van der Waals surface area contributed by atoms with Crippen molar-refractivity contribution in [3.63, 3.8) is 0 Å². The Labute approximate surface area is 137 Å². The third kappa shape index (κ3) is 10.2. The molecule has 0 aliphatic rings. The quantitative estimate of drug-likeness (QED) is 0.361. The molecule has 23 heavy (non-hydrogen) atoms. The summed E-state index contributed by atoms with van der Waals surface area (Å²) in [7, 11) is 0. The Morgan fingerprint density at radius 2 is 1.91 bits per heavy atom. The Morgan fingerprint density at radius 3 is 2.57 bits per heavy atom. The highest BCUT2D eigenvalue weighted by atomic mass is 16.6. The average molecular weight is 322 g/mol. The summed E-state index contributed by atoms with van der Waals surface area (Å²) >= 11 is 0. The second kappa shape index (κ2) is 9.71. The number of benzene rings is 1. The molecule has 0 spiro atoms. The van der Waals surface area contributed by atoms with Crippen LogP contribution in [0.25, 0.3) is 0 Å². The minimum absolute atomic E-state index is 0.405. The van der Waals surface area contributed by atoms with Crippen LogP contribution in [0.3, 0.4) is 0 Å². The van der Waals surface area contributed by atoms with Crippen molar-refractivity contribution in [2.45, 2.75) is 46.3 Å². The van der Waals surface area contributed by atoms with Crippen molar-refractivity contribution in [2.24, 2.45) is 5.16 Å². The molecule has 0 saturated carbocycles. The van der Waals surface area contributed by atoms with E-state index in [1.165, 1.54) is 0 Å². The fraction of sp³-hybridized carbons (Fsp3) is 0.529. The highest BCUT2D eigenvalue weighted by Gasteiger charge is 2.15. The molecule has 0 aliphatic heterocycles. The van der Waals surface area contributed by atoms with Crippen molar-refractivity contribution in [1.82, 2.24) is 5.32 Å². The number of amides is 1. The molecule has 0 unspecified atom stereocenters. The largest absolute Gasteiger partial charge is 0.479 e. The lowest BCUT2D eigenvalue weighted by atomic mass is 10.2. The van der Waals surface area contributed by atoms with Gasteiger partial charge < -0.3 is 19.6 Å². The van der Waals surface area contributed by atoms with Gasteiger partial charge in [0.05, 0.1) is 6.61 Å². The molecule has 1 rings (SSSR count). The first-order valence-electron chi connectivity index (χ1n) is 7.67. The van der Waals surface area contributed by atoms with Crippen LogP contribution in [-0.2, 0) is 20.9 Å². The predicted molar refractivity (Wildman–Crippen MR) is 89.1 cm³/mol. The summed E-state index contributed by atoms with van der Waals surface area (Å²) in [5, 5.41) is 6.55. The van der Waals surface area contributed by atoms with E-state index in [9.17, 15) is 4.79 Å². The number of carbonyl (C=O) groups is 1. The van der Waals surface area contributed by atoms with Crippen LogP contribution in [0.2, 0.25) is 0 Å². The standard InChI is InChI=1S/C17H26N2O4/c1-14(19-22-13-15-9-6-5-7-10-15)21-12-8-11-18-16(20)23-17(2,3)4/h5-7,9-10H,8,11-13H2,1-4H3,(H,18,20)/b19-14+. The first-order chi connectivity index (χ1) is 10.9. The van der Waals surface area contributed by atoms with E-state index in [4.69, 9.17) is 14.3 Å². The van der Waals surface area contributed by atoms with Gasteiger partial charge in [-0.1, -0.05) is 35.5 Å². The molecule has 1 N–H and O–H groups in total. The van der Waals surface area contributed by atoms with Crippen molar-refractivity contribution in [3.8, 4) is 0 Å². The molecule has 0 aliphatic carbocycles. The lowest BCUT2D eigenvalue weighted by Gasteiger charge is -2.19. The van der Waals surface area contributed by atoms with E-state index in [0.717, 1.165) is 5.56 Å². The zero-order valence-electron chi connectivity index (χ0n) is 14.3. The van der Waals surface area contributed by atoms with E-state index >= 15 is 0 Å². The van der Waals surface area contributed by atoms with E-state index in [1.807, 2.05) is 51.1 Å². The van der Waals surface area contributed by atoms with Gasteiger partial charge in [-0.25, -0.2) is 4.79 Å². The zero-order valence-corrected chi connectivity index (χ0v) is 14.3. The van der Waals surface area contributed by atoms with Crippen molar-refractivity contribution in [2.75, 3.05) is 13.2 Å². The molecule has 6 nitrogen and oxygen atoms in total. The van der Waals surface area contributed by atoms with Crippen LogP contribution >= 0.6 is 0 Å². The first-order valence-corrected chi connectivity index (χ1v) is 7.67. The van der Waals surface area contributed by atoms with E-state index in [1.54, 1.807) is 6.92 Å². The molecule has 0 fully saturated rings. The molecule has 0 bridgehead atoms. The third-order valence-corrected chi connectivity index (χ3v) is 2.57. The van der Waals surface area contributed by atoms with Gasteiger partial charge in [0, 0.05) is 13.5 Å². The number of hydrogen-bond acceptors (Lipinski definition) is 5. The number of ether oxygens (including phenoxy) is 2. The third-order valence-electron chi connectivity index (χ3n) is 2.57. The number of nitrogens with one attached hydrogen (secondary N) is 1. The van der Waals surface area contributed by atoms with Crippen LogP contribution in [0.4, 0.5) is 4.79 Å². The Morgan fingerprint density at radius 1 is 1.22 bits per heavy atom. The lowest BCUT2D eigenvalue weighted by Crippen LogP contribution is -2.33. The molecule has 1 amide bonds. The molecule has 0 radical (unpaired) electrons. The highest BCUT2D eigenvalue weighted by Crippen LogP contribution is 2.06. The van der Waals surface area contributed by atoms with Gasteiger partial charge in [-0.3, -0.25) is 0 Å². The maximum absolute atomic E-state index is 11.4. The number of hydrogen-bond donors (Lipinski definition) is 1. The summed E-state index contributed by atoms with van der Waals surface area (Å²) in [4.78, 5) is 16.6. The van der Waals surface area contributed by atoms with Crippen molar-refractivity contribution >= 4 is 12.0 Å². The Kier molecular flexibility index (Phi) is 7.94. The summed E-state index contributed by atoms with van der Waals surface area (Å²) in [6.45, 7) is 8.53. The molecule has 6 heteroatoms. The van der Waals surface area contributed by atoms with Gasteiger partial charge >= 0.3 is 6.09 Å². The van der Waals surface area contributed by atoms with Gasteiger partial charge in [0.2, 0.25) is 5.90 Å². The number of alkyl carbamates (subject to hydrolysis) is 1. The van der Waals surface area contributed by atoms with Crippen molar-refractivity contribution < 1.29 is 19.1 Å². The summed E-state index contributed by atoms with van der Waals surface area (Å²) < 4.78 is 10.5. The van der Waals surface area contributed by atoms with Gasteiger partial charge in [-0.15, -0.1) is 0 Å². The molecule has 0 aromatic heterocycles. The van der Waals surface area contributed by atoms with Gasteiger partial charge in [0.25, 0.3) is 0 Å². The molecule has 1 aromatic carbocycles. The molecule has 0 saturated heterocycles. The monoisotopic (exact) mass is 322 g/mol. The van der Waals surface area contributed by atoms with Gasteiger partial charge in [0.1, 0.15) is 12.2 Å². The summed E-state index contributed by atoms with van der Waals surface area (Å²) in [5.41, 5.74) is 0.561. The molecule has 0 atom stereocenters. The maximum Gasteiger partial charge on any atom is 0.407 e. The minimum Gasteiger partial charge on any atom is -0.479 e. The molecular weight excluding hydrogens is 296 g/mol. The van der Waals surface area contributed by atoms with Crippen LogP contribution in [0.5, 0.6) is 0 Å². The van der Waals surface area contributed by atoms with Crippen LogP contribution in [0.15, 0.2) is 35.5 Å². The second-order valence-corrected chi connectivity index (χ2v) is 6.00. The SMILES string of the molecule is C/C(=N\OCc1ccccc1)OCCCNC(=O)OC(C)(C)C. The fourth-order valence-electron chi connectivity index (χ4n) is 1.59. The van der Waals surface area contributed by atoms with Gasteiger partial charge in [0.15, 0.2) is 0 Å². The van der Waals surface area contributed by atoms with E-state index in [2.05, 4.69) is 10.5 Å². The van der Waals surface area contributed by atoms with E-state index < -0.39 is 11.7 Å². The highest BCUT2D eigenvalue weighted by molar-refractivity contribution is 5.72. The van der Waals surface area contributed by atoms with Gasteiger partial charge in [-0.2, -0.15) is 0 Å². The van der Waals surface area contributed by atoms with Crippen LogP contribution < -0.4 is 5.32 Å². The van der Waals surface area contributed by atoms with E-state index in [0.29, 0.717) is 32.1 Å².